The normalized spacial score (nSPS) is 10.9. The molecule has 2 heterocycles. The third kappa shape index (κ3) is 2.23. The highest BCUT2D eigenvalue weighted by Gasteiger charge is 2.09. The second-order valence-electron chi connectivity index (χ2n) is 4.65. The number of hydrazine groups is 1. The van der Waals surface area contributed by atoms with Gasteiger partial charge >= 0.3 is 0 Å². The van der Waals surface area contributed by atoms with Crippen molar-refractivity contribution in [1.82, 2.24) is 14.5 Å². The summed E-state index contributed by atoms with van der Waals surface area (Å²) in [6, 6.07) is 12.2. The average molecular weight is 267 g/mol. The van der Waals surface area contributed by atoms with Gasteiger partial charge in [-0.15, -0.1) is 0 Å². The lowest BCUT2D eigenvalue weighted by Gasteiger charge is -2.09. The molecule has 0 aliphatic heterocycles. The number of para-hydroxylation sites is 2. The zero-order valence-corrected chi connectivity index (χ0v) is 11.4. The number of imidazole rings is 1. The summed E-state index contributed by atoms with van der Waals surface area (Å²) < 4.78 is 2.24. The summed E-state index contributed by atoms with van der Waals surface area (Å²) in [6.45, 7) is 2.89. The number of nitrogens with two attached hydrogens (primary N) is 1. The molecule has 0 bridgehead atoms. The van der Waals surface area contributed by atoms with Gasteiger partial charge in [0.15, 0.2) is 0 Å². The molecule has 5 heteroatoms. The number of hydrogen-bond donors (Lipinski definition) is 2. The van der Waals surface area contributed by atoms with E-state index in [-0.39, 0.29) is 0 Å². The Bertz CT molecular complexity index is 732. The molecule has 0 atom stereocenters. The standard InChI is InChI=1S/C15H17N5/c1-2-15-18-12-5-3-4-6-13(12)20(15)10-11-7-8-17-14(9-11)19-16/h3-9H,2,10,16H2,1H3,(H,17,19). The van der Waals surface area contributed by atoms with E-state index < -0.39 is 0 Å². The third-order valence-electron chi connectivity index (χ3n) is 3.36. The van der Waals surface area contributed by atoms with Crippen molar-refractivity contribution < 1.29 is 0 Å². The SMILES string of the molecule is CCc1nc2ccccc2n1Cc1ccnc(NN)c1. The lowest BCUT2D eigenvalue weighted by Crippen LogP contribution is -2.10. The van der Waals surface area contributed by atoms with Gasteiger partial charge in [-0.05, 0) is 29.8 Å². The van der Waals surface area contributed by atoms with E-state index in [9.17, 15) is 0 Å². The number of pyridine rings is 1. The van der Waals surface area contributed by atoms with E-state index >= 15 is 0 Å². The lowest BCUT2D eigenvalue weighted by atomic mass is 10.2. The number of aromatic nitrogens is 3. The first-order chi connectivity index (χ1) is 9.81. The van der Waals surface area contributed by atoms with Gasteiger partial charge in [0.2, 0.25) is 0 Å². The number of fused-ring (bicyclic) bond motifs is 1. The van der Waals surface area contributed by atoms with E-state index in [1.54, 1.807) is 6.20 Å². The maximum atomic E-state index is 5.41. The highest BCUT2D eigenvalue weighted by atomic mass is 15.2. The Kier molecular flexibility index (Phi) is 3.35. The number of nitrogens with one attached hydrogen (secondary N) is 1. The van der Waals surface area contributed by atoms with Crippen molar-refractivity contribution in [2.75, 3.05) is 5.43 Å². The molecule has 0 aliphatic rings. The highest BCUT2D eigenvalue weighted by molar-refractivity contribution is 5.76. The fourth-order valence-electron chi connectivity index (χ4n) is 2.41. The highest BCUT2D eigenvalue weighted by Crippen LogP contribution is 2.18. The number of nitrogens with zero attached hydrogens (tertiary/aromatic N) is 3. The van der Waals surface area contributed by atoms with Gasteiger partial charge in [-0.2, -0.15) is 0 Å². The number of anilines is 1. The molecule has 0 saturated carbocycles. The van der Waals surface area contributed by atoms with Gasteiger partial charge < -0.3 is 9.99 Å². The molecule has 0 radical (unpaired) electrons. The smallest absolute Gasteiger partial charge is 0.140 e. The molecule has 0 aliphatic carbocycles. The quantitative estimate of drug-likeness (QED) is 0.562. The predicted octanol–water partition coefficient (Wildman–Crippen LogP) is 2.33. The van der Waals surface area contributed by atoms with Crippen LogP contribution in [0.25, 0.3) is 11.0 Å². The van der Waals surface area contributed by atoms with Crippen molar-refractivity contribution in [2.45, 2.75) is 19.9 Å². The molecule has 0 unspecified atom stereocenters. The van der Waals surface area contributed by atoms with Crippen LogP contribution in [0, 0.1) is 0 Å². The minimum atomic E-state index is 0.671. The van der Waals surface area contributed by atoms with Gasteiger partial charge in [0.1, 0.15) is 11.6 Å². The van der Waals surface area contributed by atoms with Gasteiger partial charge in [-0.3, -0.25) is 0 Å². The number of rotatable bonds is 4. The van der Waals surface area contributed by atoms with E-state index in [1.165, 1.54) is 0 Å². The summed E-state index contributed by atoms with van der Waals surface area (Å²) in [5, 5.41) is 0. The second kappa shape index (κ2) is 5.30. The molecular formula is C15H17N5. The summed E-state index contributed by atoms with van der Waals surface area (Å²) in [4.78, 5) is 8.81. The van der Waals surface area contributed by atoms with Crippen LogP contribution in [0.1, 0.15) is 18.3 Å². The van der Waals surface area contributed by atoms with Gasteiger partial charge in [0.25, 0.3) is 0 Å². The summed E-state index contributed by atoms with van der Waals surface area (Å²) in [5.74, 6) is 7.17. The van der Waals surface area contributed by atoms with Crippen molar-refractivity contribution >= 4 is 16.9 Å². The minimum Gasteiger partial charge on any atom is -0.323 e. The van der Waals surface area contributed by atoms with Crippen LogP contribution in [0.4, 0.5) is 5.82 Å². The molecule has 0 fully saturated rings. The van der Waals surface area contributed by atoms with Crippen LogP contribution in [0.5, 0.6) is 0 Å². The van der Waals surface area contributed by atoms with Crippen molar-refractivity contribution in [2.24, 2.45) is 5.84 Å². The van der Waals surface area contributed by atoms with Crippen LogP contribution in [0.15, 0.2) is 42.6 Å². The molecular weight excluding hydrogens is 250 g/mol. The Morgan fingerprint density at radius 1 is 1.25 bits per heavy atom. The maximum absolute atomic E-state index is 5.41. The van der Waals surface area contributed by atoms with Gasteiger partial charge in [0, 0.05) is 19.2 Å². The molecule has 3 aromatic rings. The first-order valence-corrected chi connectivity index (χ1v) is 6.67. The van der Waals surface area contributed by atoms with Crippen molar-refractivity contribution in [3.05, 3.63) is 54.0 Å². The third-order valence-corrected chi connectivity index (χ3v) is 3.36. The van der Waals surface area contributed by atoms with Crippen LogP contribution >= 0.6 is 0 Å². The predicted molar refractivity (Wildman–Crippen MR) is 80.3 cm³/mol. The fourth-order valence-corrected chi connectivity index (χ4v) is 2.41. The van der Waals surface area contributed by atoms with Crippen molar-refractivity contribution in [3.63, 3.8) is 0 Å². The molecule has 3 N–H and O–H groups in total. The van der Waals surface area contributed by atoms with Gasteiger partial charge in [0.05, 0.1) is 11.0 Å². The molecule has 1 aromatic carbocycles. The number of hydrogen-bond acceptors (Lipinski definition) is 4. The van der Waals surface area contributed by atoms with Crippen LogP contribution in [0.2, 0.25) is 0 Å². The zero-order valence-electron chi connectivity index (χ0n) is 11.4. The molecule has 5 nitrogen and oxygen atoms in total. The largest absolute Gasteiger partial charge is 0.323 e. The zero-order chi connectivity index (χ0) is 13.9. The molecule has 2 aromatic heterocycles. The van der Waals surface area contributed by atoms with Crippen LogP contribution in [0.3, 0.4) is 0 Å². The molecule has 0 spiro atoms. The van der Waals surface area contributed by atoms with E-state index in [0.29, 0.717) is 5.82 Å². The maximum Gasteiger partial charge on any atom is 0.140 e. The average Bonchev–Trinajstić information content (AvgIpc) is 2.85. The van der Waals surface area contributed by atoms with Crippen molar-refractivity contribution in [1.29, 1.82) is 0 Å². The second-order valence-corrected chi connectivity index (χ2v) is 4.65. The number of nitrogen functional groups attached to an aromatic ring is 1. The Hall–Kier alpha value is -2.40. The Morgan fingerprint density at radius 2 is 2.10 bits per heavy atom. The van der Waals surface area contributed by atoms with Crippen LogP contribution in [-0.4, -0.2) is 14.5 Å². The molecule has 0 amide bonds. The first-order valence-electron chi connectivity index (χ1n) is 6.67. The molecule has 3 rings (SSSR count). The monoisotopic (exact) mass is 267 g/mol. The van der Waals surface area contributed by atoms with E-state index in [1.807, 2.05) is 30.3 Å². The summed E-state index contributed by atoms with van der Waals surface area (Å²) in [7, 11) is 0. The summed E-state index contributed by atoms with van der Waals surface area (Å²) in [5.41, 5.74) is 5.91. The van der Waals surface area contributed by atoms with Gasteiger partial charge in [-0.1, -0.05) is 19.1 Å². The number of benzene rings is 1. The Morgan fingerprint density at radius 3 is 2.90 bits per heavy atom. The fraction of sp³-hybridized carbons (Fsp3) is 0.200. The minimum absolute atomic E-state index is 0.671. The lowest BCUT2D eigenvalue weighted by molar-refractivity contribution is 0.752. The van der Waals surface area contributed by atoms with Crippen LogP contribution in [-0.2, 0) is 13.0 Å². The molecule has 0 saturated heterocycles. The summed E-state index contributed by atoms with van der Waals surface area (Å²) >= 11 is 0. The van der Waals surface area contributed by atoms with E-state index in [0.717, 1.165) is 35.4 Å². The van der Waals surface area contributed by atoms with E-state index in [2.05, 4.69) is 33.0 Å². The van der Waals surface area contributed by atoms with Crippen LogP contribution < -0.4 is 11.3 Å². The Labute approximate surface area is 117 Å². The summed E-state index contributed by atoms with van der Waals surface area (Å²) in [6.07, 6.45) is 2.66. The van der Waals surface area contributed by atoms with Crippen molar-refractivity contribution in [3.8, 4) is 0 Å². The number of aryl methyl sites for hydroxylation is 1. The topological polar surface area (TPSA) is 68.8 Å². The van der Waals surface area contributed by atoms with E-state index in [4.69, 9.17) is 5.84 Å². The molecule has 20 heavy (non-hydrogen) atoms. The van der Waals surface area contributed by atoms with Gasteiger partial charge in [-0.25, -0.2) is 15.8 Å². The molecule has 102 valence electrons. The Balaban J connectivity index is 2.04. The first kappa shape index (κ1) is 12.6.